The molecule has 1 saturated heterocycles. The Hall–Kier alpha value is -1.84. The van der Waals surface area contributed by atoms with E-state index in [9.17, 15) is 5.11 Å². The van der Waals surface area contributed by atoms with Crippen molar-refractivity contribution in [2.24, 2.45) is 5.92 Å². The topological polar surface area (TPSA) is 38.7 Å². The molecular weight excluding hydrogens is 276 g/mol. The van der Waals surface area contributed by atoms with Crippen molar-refractivity contribution >= 4 is 0 Å². The van der Waals surface area contributed by atoms with Gasteiger partial charge in [-0.15, -0.1) is 0 Å². The summed E-state index contributed by atoms with van der Waals surface area (Å²) in [4.78, 5) is 0. The molecular formula is C19H20O3. The fourth-order valence-corrected chi connectivity index (χ4v) is 3.22. The molecule has 22 heavy (non-hydrogen) atoms. The lowest BCUT2D eigenvalue weighted by molar-refractivity contribution is -0.382. The minimum absolute atomic E-state index is 0.0964. The van der Waals surface area contributed by atoms with Gasteiger partial charge in [-0.2, -0.15) is 0 Å². The van der Waals surface area contributed by atoms with Gasteiger partial charge in [-0.1, -0.05) is 36.4 Å². The molecule has 4 rings (SSSR count). The predicted molar refractivity (Wildman–Crippen MR) is 83.5 cm³/mol. The lowest BCUT2D eigenvalue weighted by Crippen LogP contribution is -2.31. The molecule has 1 aliphatic heterocycles. The van der Waals surface area contributed by atoms with Crippen LogP contribution in [-0.2, 0) is 9.47 Å². The van der Waals surface area contributed by atoms with E-state index in [-0.39, 0.29) is 12.6 Å². The molecule has 0 aromatic heterocycles. The van der Waals surface area contributed by atoms with Crippen LogP contribution in [0, 0.1) is 5.92 Å². The van der Waals surface area contributed by atoms with Crippen molar-refractivity contribution in [3.05, 3.63) is 65.2 Å². The van der Waals surface area contributed by atoms with E-state index in [1.165, 1.54) is 24.0 Å². The van der Waals surface area contributed by atoms with Crippen LogP contribution in [0.15, 0.2) is 48.5 Å². The molecule has 1 saturated carbocycles. The van der Waals surface area contributed by atoms with Gasteiger partial charge in [0.2, 0.25) is 0 Å². The van der Waals surface area contributed by atoms with E-state index in [1.54, 1.807) is 12.1 Å². The lowest BCUT2D eigenvalue weighted by atomic mass is 9.87. The van der Waals surface area contributed by atoms with Crippen molar-refractivity contribution in [3.63, 3.8) is 0 Å². The molecule has 114 valence electrons. The molecule has 2 aliphatic rings. The summed E-state index contributed by atoms with van der Waals surface area (Å²) in [6.07, 6.45) is 2.25. The summed E-state index contributed by atoms with van der Waals surface area (Å²) in [6, 6.07) is 16.2. The summed E-state index contributed by atoms with van der Waals surface area (Å²) in [6.45, 7) is 1.90. The Kier molecular flexibility index (Phi) is 3.40. The molecule has 1 unspecified atom stereocenters. The van der Waals surface area contributed by atoms with Crippen LogP contribution >= 0.6 is 0 Å². The number of rotatable bonds is 4. The predicted octanol–water partition coefficient (Wildman–Crippen LogP) is 4.33. The highest BCUT2D eigenvalue weighted by Gasteiger charge is 2.34. The molecule has 3 nitrogen and oxygen atoms in total. The highest BCUT2D eigenvalue weighted by molar-refractivity contribution is 5.38. The Balaban J connectivity index is 1.58. The zero-order valence-electron chi connectivity index (χ0n) is 12.6. The van der Waals surface area contributed by atoms with E-state index >= 15 is 0 Å². The van der Waals surface area contributed by atoms with Gasteiger partial charge >= 0.3 is 0 Å². The SMILES string of the molecule is CC1OC(c2ccc(C(c3ccc(O)cc3)C3CC3)cc2)O1. The van der Waals surface area contributed by atoms with Crippen LogP contribution in [0.2, 0.25) is 0 Å². The Morgan fingerprint density at radius 1 is 0.909 bits per heavy atom. The zero-order chi connectivity index (χ0) is 15.1. The van der Waals surface area contributed by atoms with E-state index in [0.717, 1.165) is 5.56 Å². The van der Waals surface area contributed by atoms with Crippen molar-refractivity contribution in [2.45, 2.75) is 38.3 Å². The van der Waals surface area contributed by atoms with Crippen molar-refractivity contribution < 1.29 is 14.6 Å². The van der Waals surface area contributed by atoms with Crippen molar-refractivity contribution in [3.8, 4) is 5.75 Å². The van der Waals surface area contributed by atoms with Crippen LogP contribution < -0.4 is 0 Å². The summed E-state index contributed by atoms with van der Waals surface area (Å²) in [5.74, 6) is 1.45. The van der Waals surface area contributed by atoms with Gasteiger partial charge in [-0.05, 0) is 48.9 Å². The van der Waals surface area contributed by atoms with E-state index in [0.29, 0.717) is 17.6 Å². The monoisotopic (exact) mass is 296 g/mol. The fraction of sp³-hybridized carbons (Fsp3) is 0.368. The fourth-order valence-electron chi connectivity index (χ4n) is 3.22. The van der Waals surface area contributed by atoms with Gasteiger partial charge in [0.15, 0.2) is 12.6 Å². The summed E-state index contributed by atoms with van der Waals surface area (Å²) in [5.41, 5.74) is 3.67. The van der Waals surface area contributed by atoms with Crippen LogP contribution in [0.3, 0.4) is 0 Å². The first kappa shape index (κ1) is 13.8. The summed E-state index contributed by atoms with van der Waals surface area (Å²) < 4.78 is 11.1. The largest absolute Gasteiger partial charge is 0.508 e. The number of phenols is 1. The van der Waals surface area contributed by atoms with Crippen LogP contribution in [0.1, 0.15) is 48.7 Å². The van der Waals surface area contributed by atoms with Gasteiger partial charge in [0.25, 0.3) is 0 Å². The van der Waals surface area contributed by atoms with Crippen LogP contribution in [0.25, 0.3) is 0 Å². The molecule has 2 aromatic carbocycles. The molecule has 1 aliphatic carbocycles. The van der Waals surface area contributed by atoms with Gasteiger partial charge in [0, 0.05) is 11.5 Å². The van der Waals surface area contributed by atoms with Gasteiger partial charge in [0.05, 0.1) is 0 Å². The van der Waals surface area contributed by atoms with Gasteiger partial charge in [0.1, 0.15) is 5.75 Å². The Bertz CT molecular complexity index is 637. The summed E-state index contributed by atoms with van der Waals surface area (Å²) in [7, 11) is 0. The Morgan fingerprint density at radius 2 is 1.45 bits per heavy atom. The van der Waals surface area contributed by atoms with Gasteiger partial charge < -0.3 is 14.6 Å². The molecule has 2 fully saturated rings. The maximum atomic E-state index is 9.49. The first-order chi connectivity index (χ1) is 10.7. The average Bonchev–Trinajstić information content (AvgIpc) is 3.32. The minimum atomic E-state index is -0.211. The number of hydrogen-bond acceptors (Lipinski definition) is 3. The summed E-state index contributed by atoms with van der Waals surface area (Å²) >= 11 is 0. The van der Waals surface area contributed by atoms with E-state index in [1.807, 2.05) is 19.1 Å². The first-order valence-electron chi connectivity index (χ1n) is 7.90. The van der Waals surface area contributed by atoms with Crippen molar-refractivity contribution in [2.75, 3.05) is 0 Å². The molecule has 0 spiro atoms. The smallest absolute Gasteiger partial charge is 0.189 e. The first-order valence-corrected chi connectivity index (χ1v) is 7.90. The normalized spacial score (nSPS) is 25.5. The number of phenolic OH excluding ortho intramolecular Hbond substituents is 1. The second-order valence-corrected chi connectivity index (χ2v) is 6.25. The molecule has 0 bridgehead atoms. The van der Waals surface area contributed by atoms with Crippen LogP contribution in [0.4, 0.5) is 0 Å². The number of aromatic hydroxyl groups is 1. The van der Waals surface area contributed by atoms with Crippen LogP contribution in [0.5, 0.6) is 5.75 Å². The number of hydrogen-bond donors (Lipinski definition) is 1. The Morgan fingerprint density at radius 3 is 1.95 bits per heavy atom. The summed E-state index contributed by atoms with van der Waals surface area (Å²) in [5, 5.41) is 9.49. The number of benzene rings is 2. The van der Waals surface area contributed by atoms with Gasteiger partial charge in [-0.3, -0.25) is 0 Å². The third-order valence-electron chi connectivity index (χ3n) is 4.54. The second kappa shape index (κ2) is 5.41. The second-order valence-electron chi connectivity index (χ2n) is 6.25. The highest BCUT2D eigenvalue weighted by atomic mass is 16.9. The third-order valence-corrected chi connectivity index (χ3v) is 4.54. The Labute approximate surface area is 130 Å². The van der Waals surface area contributed by atoms with E-state index in [4.69, 9.17) is 9.47 Å². The molecule has 2 aromatic rings. The minimum Gasteiger partial charge on any atom is -0.508 e. The number of ether oxygens (including phenoxy) is 2. The van der Waals surface area contributed by atoms with Gasteiger partial charge in [-0.25, -0.2) is 0 Å². The van der Waals surface area contributed by atoms with Crippen molar-refractivity contribution in [1.82, 2.24) is 0 Å². The maximum Gasteiger partial charge on any atom is 0.189 e. The van der Waals surface area contributed by atoms with E-state index in [2.05, 4.69) is 24.3 Å². The molecule has 0 radical (unpaired) electrons. The molecule has 0 amide bonds. The molecule has 3 heteroatoms. The average molecular weight is 296 g/mol. The van der Waals surface area contributed by atoms with Crippen molar-refractivity contribution in [1.29, 1.82) is 0 Å². The maximum absolute atomic E-state index is 9.49. The highest BCUT2D eigenvalue weighted by Crippen LogP contribution is 2.46. The molecule has 1 heterocycles. The molecule has 1 atom stereocenters. The zero-order valence-corrected chi connectivity index (χ0v) is 12.6. The quantitative estimate of drug-likeness (QED) is 0.913. The van der Waals surface area contributed by atoms with Crippen LogP contribution in [-0.4, -0.2) is 11.4 Å². The third kappa shape index (κ3) is 2.62. The van der Waals surface area contributed by atoms with E-state index < -0.39 is 0 Å². The molecule has 1 N–H and O–H groups in total. The lowest BCUT2D eigenvalue weighted by Gasteiger charge is -2.34. The standard InChI is InChI=1S/C19H20O3/c1-12-21-19(22-12)16-6-4-14(5-7-16)18(13-2-3-13)15-8-10-17(20)11-9-15/h4-13,18-20H,2-3H2,1H3.